The predicted octanol–water partition coefficient (Wildman–Crippen LogP) is -3.13. The summed E-state index contributed by atoms with van der Waals surface area (Å²) in [5.74, 6) is 0. The van der Waals surface area contributed by atoms with Gasteiger partial charge in [0.25, 0.3) is 0 Å². The summed E-state index contributed by atoms with van der Waals surface area (Å²) >= 11 is 0. The van der Waals surface area contributed by atoms with Gasteiger partial charge in [-0.2, -0.15) is 0 Å². The number of hydrogen-bond acceptors (Lipinski definition) is 0. The quantitative estimate of drug-likeness (QED) is 0.326. The van der Waals surface area contributed by atoms with E-state index in [0.29, 0.717) is 0 Å². The molecule has 0 spiro atoms. The Morgan fingerprint density at radius 3 is 1.00 bits per heavy atom. The van der Waals surface area contributed by atoms with Crippen molar-refractivity contribution in [2.45, 2.75) is 0 Å². The molecule has 0 saturated carbocycles. The second-order valence-corrected chi connectivity index (χ2v) is 0. The molecule has 4 heteroatoms. The number of rotatable bonds is 0. The van der Waals surface area contributed by atoms with Gasteiger partial charge in [-0.25, -0.2) is 0 Å². The Labute approximate surface area is 154 Å². The third kappa shape index (κ3) is 10.3. The first-order valence-electron chi connectivity index (χ1n) is 0. The van der Waals surface area contributed by atoms with Crippen molar-refractivity contribution >= 4 is 159 Å². The minimum Gasteiger partial charge on any atom is 0 e. The van der Waals surface area contributed by atoms with E-state index in [-0.39, 0.29) is 159 Å². The minimum atomic E-state index is 0. The van der Waals surface area contributed by atoms with Crippen LogP contribution in [-0.2, 0) is 0 Å². The first kappa shape index (κ1) is 22.9. The zero-order valence-corrected chi connectivity index (χ0v) is 5.07. The van der Waals surface area contributed by atoms with Crippen molar-refractivity contribution in [1.82, 2.24) is 0 Å². The van der Waals surface area contributed by atoms with Gasteiger partial charge in [-0.05, 0) is 0 Å². The molecular weight excluding hydrogens is 469 g/mol. The zero-order chi connectivity index (χ0) is 0. The van der Waals surface area contributed by atoms with Gasteiger partial charge < -0.3 is 0 Å². The molecule has 0 unspecified atom stereocenters. The fraction of sp³-hybridized carbons (Fsp3) is 0. The largest absolute Gasteiger partial charge is 0 e. The molecule has 0 aliphatic heterocycles. The summed E-state index contributed by atoms with van der Waals surface area (Å²) in [5.41, 5.74) is 0. The molecule has 1 radical (unpaired) electrons. The van der Waals surface area contributed by atoms with Crippen LogP contribution in [0.2, 0.25) is 0 Å². The van der Waals surface area contributed by atoms with Crippen LogP contribution in [0.3, 0.4) is 0 Å². The van der Waals surface area contributed by atoms with Gasteiger partial charge in [-0.1, -0.05) is 0 Å². The Kier molecular flexibility index (Phi) is 89.9. The molecule has 15 valence electrons. The Hall–Kier alpha value is 5.23. The van der Waals surface area contributed by atoms with Crippen molar-refractivity contribution in [2.75, 3.05) is 0 Å². The van der Waals surface area contributed by atoms with Crippen LogP contribution in [0.4, 0.5) is 0 Å². The maximum absolute atomic E-state index is 0. The Morgan fingerprint density at radius 1 is 1.00 bits per heavy atom. The van der Waals surface area contributed by atoms with Gasteiger partial charge in [-0.3, -0.25) is 0 Å². The van der Waals surface area contributed by atoms with Crippen LogP contribution in [0.5, 0.6) is 0 Å². The van der Waals surface area contributed by atoms with Gasteiger partial charge >= 0.3 is 132 Å². The average Bonchev–Trinajstić information content (AvgIpc) is 0. The molecule has 0 aromatic heterocycles. The average molecular weight is 475 g/mol. The van der Waals surface area contributed by atoms with E-state index < -0.39 is 0 Å². The van der Waals surface area contributed by atoms with E-state index >= 15 is 0 Å². The van der Waals surface area contributed by atoms with Crippen LogP contribution in [0.25, 0.3) is 0 Å². The molecule has 0 N–H and O–H groups in total. The van der Waals surface area contributed by atoms with E-state index in [4.69, 9.17) is 0 Å². The molecule has 0 aromatic rings. The number of hydrogen-bond donors (Lipinski definition) is 0. The summed E-state index contributed by atoms with van der Waals surface area (Å²) in [5, 5.41) is 0. The fourth-order valence-electron chi connectivity index (χ4n) is 0. The van der Waals surface area contributed by atoms with Crippen LogP contribution >= 0.6 is 0 Å². The second-order valence-electron chi connectivity index (χ2n) is 0. The summed E-state index contributed by atoms with van der Waals surface area (Å²) in [6.45, 7) is 0. The minimum absolute atomic E-state index is 0. The maximum Gasteiger partial charge on any atom is 0 e. The van der Waals surface area contributed by atoms with E-state index in [2.05, 4.69) is 0 Å². The van der Waals surface area contributed by atoms with E-state index in [1.165, 1.54) is 0 Å². The molecule has 0 saturated heterocycles. The van der Waals surface area contributed by atoms with Gasteiger partial charge in [0, 0.05) is 27.3 Å². The molecule has 0 bridgehead atoms. The maximum atomic E-state index is 0. The van der Waals surface area contributed by atoms with Crippen molar-refractivity contribution in [3.8, 4) is 0 Å². The van der Waals surface area contributed by atoms with Crippen molar-refractivity contribution in [1.29, 1.82) is 0 Å². The van der Waals surface area contributed by atoms with Crippen LogP contribution in [0, 0.1) is 0 Å². The van der Waals surface area contributed by atoms with E-state index in [1.54, 1.807) is 0 Å². The van der Waals surface area contributed by atoms with Gasteiger partial charge in [0.15, 0.2) is 0 Å². The van der Waals surface area contributed by atoms with Crippen LogP contribution in [-0.4, -0.2) is 159 Å². The topological polar surface area (TPSA) is 0 Å². The van der Waals surface area contributed by atoms with Crippen LogP contribution in [0.15, 0.2) is 0 Å². The molecular formula is H6BaCaSrTl. The molecule has 0 aliphatic carbocycles. The van der Waals surface area contributed by atoms with E-state index in [9.17, 15) is 0 Å². The molecule has 0 rings (SSSR count). The summed E-state index contributed by atoms with van der Waals surface area (Å²) < 4.78 is 0. The smallest absolute Gasteiger partial charge is 0 e. The Bertz CT molecular complexity index is 8.00. The molecule has 0 heterocycles. The monoisotopic (exact) mass is 477 g/mol. The zero-order valence-electron chi connectivity index (χ0n) is 0.577. The summed E-state index contributed by atoms with van der Waals surface area (Å²) in [6.07, 6.45) is 0. The van der Waals surface area contributed by atoms with Crippen LogP contribution < -0.4 is 0 Å². The Balaban J connectivity index is 0. The Morgan fingerprint density at radius 2 is 1.00 bits per heavy atom. The standard InChI is InChI=1S/Ba.Ca.Sr.Tl.6H. The van der Waals surface area contributed by atoms with Crippen molar-refractivity contribution in [2.24, 2.45) is 0 Å². The summed E-state index contributed by atoms with van der Waals surface area (Å²) in [7, 11) is 0. The molecule has 4 heavy (non-hydrogen) atoms. The SMILES string of the molecule is [BaH2].[CaH2].[SrH2].[Tl]. The van der Waals surface area contributed by atoms with Gasteiger partial charge in [0.2, 0.25) is 0 Å². The second kappa shape index (κ2) is 15.7. The van der Waals surface area contributed by atoms with Crippen molar-refractivity contribution < 1.29 is 0 Å². The molecule has 0 aromatic carbocycles. The normalized spacial score (nSPS) is 0. The first-order valence-corrected chi connectivity index (χ1v) is 0. The third-order valence-corrected chi connectivity index (χ3v) is 0. The third-order valence-electron chi connectivity index (χ3n) is 0. The van der Waals surface area contributed by atoms with E-state index in [1.807, 2.05) is 0 Å². The predicted molar refractivity (Wildman–Crippen MR) is 31.4 cm³/mol. The fourth-order valence-corrected chi connectivity index (χ4v) is 0. The molecule has 0 atom stereocenters. The van der Waals surface area contributed by atoms with Crippen LogP contribution in [0.1, 0.15) is 0 Å². The van der Waals surface area contributed by atoms with Gasteiger partial charge in [0.1, 0.15) is 0 Å². The molecule has 0 aliphatic rings. The van der Waals surface area contributed by atoms with Gasteiger partial charge in [0.05, 0.1) is 0 Å². The first-order chi connectivity index (χ1) is 0. The molecule has 0 nitrogen and oxygen atoms in total. The van der Waals surface area contributed by atoms with Gasteiger partial charge in [-0.15, -0.1) is 0 Å². The molecule has 0 fully saturated rings. The van der Waals surface area contributed by atoms with E-state index in [0.717, 1.165) is 0 Å². The van der Waals surface area contributed by atoms with Crippen molar-refractivity contribution in [3.05, 3.63) is 0 Å². The van der Waals surface area contributed by atoms with Crippen molar-refractivity contribution in [3.63, 3.8) is 0 Å². The molecule has 0 amide bonds. The summed E-state index contributed by atoms with van der Waals surface area (Å²) in [6, 6.07) is 0. The summed E-state index contributed by atoms with van der Waals surface area (Å²) in [4.78, 5) is 0.